The monoisotopic (exact) mass is 300 g/mol. The van der Waals surface area contributed by atoms with Crippen LogP contribution >= 0.6 is 0 Å². The number of rotatable bonds is 3. The van der Waals surface area contributed by atoms with Gasteiger partial charge in [-0.25, -0.2) is 0 Å². The third kappa shape index (κ3) is 3.22. The highest BCUT2D eigenvalue weighted by atomic mass is 16.2. The van der Waals surface area contributed by atoms with E-state index in [1.54, 1.807) is 0 Å². The van der Waals surface area contributed by atoms with Crippen LogP contribution < -0.4 is 5.32 Å². The molecule has 4 nitrogen and oxygen atoms in total. The Balaban J connectivity index is 1.56. The lowest BCUT2D eigenvalue weighted by Gasteiger charge is -2.33. The maximum atomic E-state index is 12.5. The number of benzene rings is 1. The highest BCUT2D eigenvalue weighted by Gasteiger charge is 2.32. The van der Waals surface area contributed by atoms with Gasteiger partial charge in [-0.2, -0.15) is 0 Å². The summed E-state index contributed by atoms with van der Waals surface area (Å²) in [4.78, 5) is 26.8. The smallest absolute Gasteiger partial charge is 0.239 e. The Morgan fingerprint density at radius 2 is 1.77 bits per heavy atom. The van der Waals surface area contributed by atoms with Crippen LogP contribution in [0.4, 0.5) is 0 Å². The number of hydrogen-bond acceptors (Lipinski definition) is 3. The zero-order valence-corrected chi connectivity index (χ0v) is 13.2. The van der Waals surface area contributed by atoms with Gasteiger partial charge in [0.25, 0.3) is 0 Å². The average Bonchev–Trinajstić information content (AvgIpc) is 3.09. The van der Waals surface area contributed by atoms with E-state index in [1.807, 2.05) is 36.1 Å². The van der Waals surface area contributed by atoms with Crippen molar-refractivity contribution in [3.05, 3.63) is 35.4 Å². The first kappa shape index (κ1) is 15.2. The fourth-order valence-electron chi connectivity index (χ4n) is 3.43. The molecule has 1 atom stereocenters. The molecule has 22 heavy (non-hydrogen) atoms. The number of Topliss-reactive ketones (excluding diaryl/α,β-unsaturated/α-hetero) is 1. The van der Waals surface area contributed by atoms with Gasteiger partial charge in [0, 0.05) is 24.6 Å². The number of carbonyl (C=O) groups is 2. The largest absolute Gasteiger partial charge is 0.341 e. The van der Waals surface area contributed by atoms with Crippen LogP contribution in [0.3, 0.4) is 0 Å². The Kier molecular flexibility index (Phi) is 4.57. The van der Waals surface area contributed by atoms with Crippen molar-refractivity contribution in [2.24, 2.45) is 5.92 Å². The first-order chi connectivity index (χ1) is 10.6. The van der Waals surface area contributed by atoms with Crippen molar-refractivity contribution in [1.82, 2.24) is 10.2 Å². The SMILES string of the molecule is Cc1ccc(C(=O)C2CCN(C(=O)C3CCCN3)CC2)cc1. The molecule has 0 bridgehead atoms. The highest BCUT2D eigenvalue weighted by molar-refractivity contribution is 5.98. The molecule has 1 unspecified atom stereocenters. The summed E-state index contributed by atoms with van der Waals surface area (Å²) in [6.07, 6.45) is 3.59. The van der Waals surface area contributed by atoms with Crippen LogP contribution in [0, 0.1) is 12.8 Å². The Bertz CT molecular complexity index is 539. The van der Waals surface area contributed by atoms with Gasteiger partial charge in [-0.3, -0.25) is 9.59 Å². The van der Waals surface area contributed by atoms with Crippen molar-refractivity contribution >= 4 is 11.7 Å². The summed E-state index contributed by atoms with van der Waals surface area (Å²) in [5, 5.41) is 3.26. The summed E-state index contributed by atoms with van der Waals surface area (Å²) in [7, 11) is 0. The number of nitrogens with zero attached hydrogens (tertiary/aromatic N) is 1. The second-order valence-corrected chi connectivity index (χ2v) is 6.48. The number of aryl methyl sites for hydroxylation is 1. The standard InChI is InChI=1S/C18H24N2O2/c1-13-4-6-14(7-5-13)17(21)15-8-11-20(12-9-15)18(22)16-3-2-10-19-16/h4-7,15-16,19H,2-3,8-12H2,1H3. The van der Waals surface area contributed by atoms with E-state index >= 15 is 0 Å². The Morgan fingerprint density at radius 3 is 2.36 bits per heavy atom. The lowest BCUT2D eigenvalue weighted by molar-refractivity contribution is -0.134. The molecule has 0 aliphatic carbocycles. The van der Waals surface area contributed by atoms with E-state index in [9.17, 15) is 9.59 Å². The summed E-state index contributed by atoms with van der Waals surface area (Å²) in [6, 6.07) is 7.80. The van der Waals surface area contributed by atoms with Crippen molar-refractivity contribution < 1.29 is 9.59 Å². The van der Waals surface area contributed by atoms with Crippen LogP contribution in [-0.2, 0) is 4.79 Å². The van der Waals surface area contributed by atoms with E-state index in [1.165, 1.54) is 5.56 Å². The highest BCUT2D eigenvalue weighted by Crippen LogP contribution is 2.23. The predicted octanol–water partition coefficient (Wildman–Crippen LogP) is 2.17. The van der Waals surface area contributed by atoms with Gasteiger partial charge in [-0.05, 0) is 39.2 Å². The molecule has 0 spiro atoms. The molecule has 2 heterocycles. The van der Waals surface area contributed by atoms with Crippen LogP contribution in [0.1, 0.15) is 41.6 Å². The lowest BCUT2D eigenvalue weighted by atomic mass is 9.88. The van der Waals surface area contributed by atoms with Gasteiger partial charge < -0.3 is 10.2 Å². The van der Waals surface area contributed by atoms with E-state index in [2.05, 4.69) is 5.32 Å². The van der Waals surface area contributed by atoms with E-state index < -0.39 is 0 Å². The molecule has 0 saturated carbocycles. The predicted molar refractivity (Wildman–Crippen MR) is 85.8 cm³/mol. The van der Waals surface area contributed by atoms with Gasteiger partial charge in [0.05, 0.1) is 6.04 Å². The van der Waals surface area contributed by atoms with Gasteiger partial charge in [0.2, 0.25) is 5.91 Å². The fourth-order valence-corrected chi connectivity index (χ4v) is 3.43. The number of nitrogens with one attached hydrogen (secondary N) is 1. The number of piperidine rings is 1. The maximum absolute atomic E-state index is 12.5. The molecular weight excluding hydrogens is 276 g/mol. The Hall–Kier alpha value is -1.68. The summed E-state index contributed by atoms with van der Waals surface area (Å²) < 4.78 is 0. The molecule has 0 radical (unpaired) electrons. The zero-order valence-electron chi connectivity index (χ0n) is 13.2. The van der Waals surface area contributed by atoms with E-state index in [0.29, 0.717) is 13.1 Å². The molecule has 0 aromatic heterocycles. The summed E-state index contributed by atoms with van der Waals surface area (Å²) in [5.41, 5.74) is 1.97. The maximum Gasteiger partial charge on any atom is 0.239 e. The Morgan fingerprint density at radius 1 is 1.09 bits per heavy atom. The van der Waals surface area contributed by atoms with Crippen molar-refractivity contribution in [3.8, 4) is 0 Å². The number of carbonyl (C=O) groups excluding carboxylic acids is 2. The molecule has 3 rings (SSSR count). The fraction of sp³-hybridized carbons (Fsp3) is 0.556. The van der Waals surface area contributed by atoms with Gasteiger partial charge in [0.1, 0.15) is 0 Å². The third-order valence-electron chi connectivity index (χ3n) is 4.87. The minimum atomic E-state index is 0.00403. The first-order valence-corrected chi connectivity index (χ1v) is 8.28. The van der Waals surface area contributed by atoms with Gasteiger partial charge in [-0.15, -0.1) is 0 Å². The van der Waals surface area contributed by atoms with Crippen LogP contribution in [0.2, 0.25) is 0 Å². The molecular formula is C18H24N2O2. The minimum absolute atomic E-state index is 0.00403. The molecule has 2 aliphatic heterocycles. The number of amides is 1. The average molecular weight is 300 g/mol. The summed E-state index contributed by atoms with van der Waals surface area (Å²) in [6.45, 7) is 4.38. The normalized spacial score (nSPS) is 22.8. The second-order valence-electron chi connectivity index (χ2n) is 6.48. The van der Waals surface area contributed by atoms with E-state index in [-0.39, 0.29) is 23.7 Å². The second kappa shape index (κ2) is 6.61. The van der Waals surface area contributed by atoms with Crippen molar-refractivity contribution in [2.45, 2.75) is 38.6 Å². The van der Waals surface area contributed by atoms with Crippen LogP contribution in [0.5, 0.6) is 0 Å². The number of likely N-dealkylation sites (tertiary alicyclic amines) is 1. The van der Waals surface area contributed by atoms with Crippen molar-refractivity contribution in [2.75, 3.05) is 19.6 Å². The molecule has 1 aromatic rings. The molecule has 118 valence electrons. The lowest BCUT2D eigenvalue weighted by Crippen LogP contribution is -2.47. The molecule has 2 fully saturated rings. The number of ketones is 1. The van der Waals surface area contributed by atoms with Crippen LogP contribution in [-0.4, -0.2) is 42.3 Å². The molecule has 2 aliphatic rings. The molecule has 1 N–H and O–H groups in total. The van der Waals surface area contributed by atoms with Gasteiger partial charge >= 0.3 is 0 Å². The molecule has 2 saturated heterocycles. The first-order valence-electron chi connectivity index (χ1n) is 8.28. The van der Waals surface area contributed by atoms with E-state index in [4.69, 9.17) is 0 Å². The molecule has 1 amide bonds. The summed E-state index contributed by atoms with van der Waals surface area (Å²) >= 11 is 0. The van der Waals surface area contributed by atoms with Gasteiger partial charge in [-0.1, -0.05) is 29.8 Å². The van der Waals surface area contributed by atoms with Crippen LogP contribution in [0.25, 0.3) is 0 Å². The topological polar surface area (TPSA) is 49.4 Å². The van der Waals surface area contributed by atoms with Gasteiger partial charge in [0.15, 0.2) is 5.78 Å². The van der Waals surface area contributed by atoms with Crippen molar-refractivity contribution in [3.63, 3.8) is 0 Å². The van der Waals surface area contributed by atoms with Crippen LogP contribution in [0.15, 0.2) is 24.3 Å². The Labute approximate surface area is 131 Å². The van der Waals surface area contributed by atoms with Crippen molar-refractivity contribution in [1.29, 1.82) is 0 Å². The number of hydrogen-bond donors (Lipinski definition) is 1. The zero-order chi connectivity index (χ0) is 15.5. The quantitative estimate of drug-likeness (QED) is 0.870. The minimum Gasteiger partial charge on any atom is -0.341 e. The van der Waals surface area contributed by atoms with E-state index in [0.717, 1.165) is 37.8 Å². The molecule has 4 heteroatoms. The summed E-state index contributed by atoms with van der Waals surface area (Å²) in [5.74, 6) is 0.508. The third-order valence-corrected chi connectivity index (χ3v) is 4.87. The molecule has 1 aromatic carbocycles.